The van der Waals surface area contributed by atoms with Gasteiger partial charge in [0, 0.05) is 30.1 Å². The van der Waals surface area contributed by atoms with Gasteiger partial charge in [0.05, 0.1) is 18.9 Å². The van der Waals surface area contributed by atoms with Gasteiger partial charge in [-0.05, 0) is 43.2 Å². The number of rotatable bonds is 5. The van der Waals surface area contributed by atoms with Crippen molar-refractivity contribution in [1.82, 2.24) is 10.3 Å². The van der Waals surface area contributed by atoms with Crippen molar-refractivity contribution in [3.05, 3.63) is 65.2 Å². The Hall–Kier alpha value is -3.36. The second kappa shape index (κ2) is 9.63. The number of carbonyl (C=O) groups is 2. The highest BCUT2D eigenvalue weighted by Gasteiger charge is 2.32. The summed E-state index contributed by atoms with van der Waals surface area (Å²) in [4.78, 5) is 26.6. The van der Waals surface area contributed by atoms with Gasteiger partial charge in [0.2, 0.25) is 5.91 Å². The zero-order chi connectivity index (χ0) is 22.4. The highest BCUT2D eigenvalue weighted by Crippen LogP contribution is 2.31. The molecule has 164 valence electrons. The van der Waals surface area contributed by atoms with Gasteiger partial charge in [0.1, 0.15) is 5.75 Å². The van der Waals surface area contributed by atoms with E-state index in [2.05, 4.69) is 10.5 Å². The van der Waals surface area contributed by atoms with Gasteiger partial charge in [-0.1, -0.05) is 18.2 Å². The van der Waals surface area contributed by atoms with Crippen molar-refractivity contribution in [2.75, 3.05) is 20.2 Å². The first-order chi connectivity index (χ1) is 14.8. The van der Waals surface area contributed by atoms with Crippen molar-refractivity contribution >= 4 is 18.0 Å². The summed E-state index contributed by atoms with van der Waals surface area (Å²) in [5.41, 5.74) is 1.90. The Morgan fingerprint density at radius 1 is 1.10 bits per heavy atom. The molecule has 1 fully saturated rings. The first kappa shape index (κ1) is 22.3. The lowest BCUT2D eigenvalue weighted by Gasteiger charge is -2.31. The van der Waals surface area contributed by atoms with E-state index in [1.54, 1.807) is 36.3 Å². The maximum atomic E-state index is 13.0. The number of alkyl halides is 3. The number of methoxy groups -OCH3 is 1. The quantitative estimate of drug-likeness (QED) is 0.577. The highest BCUT2D eigenvalue weighted by molar-refractivity contribution is 5.94. The summed E-state index contributed by atoms with van der Waals surface area (Å²) >= 11 is 0. The average molecular weight is 433 g/mol. The van der Waals surface area contributed by atoms with Crippen LogP contribution in [0.4, 0.5) is 13.2 Å². The second-order valence-electron chi connectivity index (χ2n) is 7.11. The standard InChI is InChI=1S/C22H22F3N3O3/c1-31-18-8-6-16(7-9-18)21(30)28-12-10-15(11-13-28)20(29)27-26-14-17-4-2-3-5-19(17)22(23,24)25/h2-9,14-15H,10-13H2,1H3,(H,27,29). The zero-order valence-corrected chi connectivity index (χ0v) is 16.9. The third-order valence-corrected chi connectivity index (χ3v) is 5.13. The fourth-order valence-corrected chi connectivity index (χ4v) is 3.39. The van der Waals surface area contributed by atoms with E-state index < -0.39 is 11.7 Å². The van der Waals surface area contributed by atoms with Gasteiger partial charge in [-0.15, -0.1) is 0 Å². The molecule has 6 nitrogen and oxygen atoms in total. The van der Waals surface area contributed by atoms with Gasteiger partial charge < -0.3 is 9.64 Å². The van der Waals surface area contributed by atoms with Crippen molar-refractivity contribution in [2.45, 2.75) is 19.0 Å². The van der Waals surface area contributed by atoms with Gasteiger partial charge in [0.25, 0.3) is 5.91 Å². The number of hydrogen-bond acceptors (Lipinski definition) is 4. The molecule has 31 heavy (non-hydrogen) atoms. The van der Waals surface area contributed by atoms with Crippen molar-refractivity contribution in [3.63, 3.8) is 0 Å². The molecule has 0 bridgehead atoms. The number of amides is 2. The molecular formula is C22H22F3N3O3. The average Bonchev–Trinajstić information content (AvgIpc) is 2.78. The van der Waals surface area contributed by atoms with Crippen LogP contribution >= 0.6 is 0 Å². The predicted octanol–water partition coefficient (Wildman–Crippen LogP) is 3.72. The van der Waals surface area contributed by atoms with Gasteiger partial charge >= 0.3 is 6.18 Å². The molecule has 0 aromatic heterocycles. The molecule has 2 aromatic rings. The van der Waals surface area contributed by atoms with Gasteiger partial charge in [-0.2, -0.15) is 18.3 Å². The summed E-state index contributed by atoms with van der Waals surface area (Å²) in [7, 11) is 1.55. The van der Waals surface area contributed by atoms with E-state index in [9.17, 15) is 22.8 Å². The molecule has 0 unspecified atom stereocenters. The van der Waals surface area contributed by atoms with Crippen molar-refractivity contribution < 1.29 is 27.5 Å². The Morgan fingerprint density at radius 2 is 1.74 bits per heavy atom. The molecule has 0 spiro atoms. The molecular weight excluding hydrogens is 411 g/mol. The number of ether oxygens (including phenoxy) is 1. The number of benzene rings is 2. The number of piperidine rings is 1. The molecule has 1 aliphatic heterocycles. The van der Waals surface area contributed by atoms with E-state index in [1.807, 2.05) is 0 Å². The van der Waals surface area contributed by atoms with Crippen LogP contribution in [-0.4, -0.2) is 43.1 Å². The Morgan fingerprint density at radius 3 is 2.35 bits per heavy atom. The second-order valence-corrected chi connectivity index (χ2v) is 7.11. The number of halogens is 3. The summed E-state index contributed by atoms with van der Waals surface area (Å²) < 4.78 is 44.1. The number of carbonyl (C=O) groups excluding carboxylic acids is 2. The molecule has 2 amide bonds. The van der Waals surface area contributed by atoms with Crippen molar-refractivity contribution in [3.8, 4) is 5.75 Å². The minimum atomic E-state index is -4.50. The predicted molar refractivity (Wildman–Crippen MR) is 109 cm³/mol. The highest BCUT2D eigenvalue weighted by atomic mass is 19.4. The van der Waals surface area contributed by atoms with E-state index in [0.29, 0.717) is 37.2 Å². The van der Waals surface area contributed by atoms with Crippen LogP contribution in [0.5, 0.6) is 5.75 Å². The Kier molecular flexibility index (Phi) is 6.94. The van der Waals surface area contributed by atoms with Crippen LogP contribution in [0.25, 0.3) is 0 Å². The molecule has 0 radical (unpaired) electrons. The van der Waals surface area contributed by atoms with E-state index in [1.165, 1.54) is 18.2 Å². The SMILES string of the molecule is COc1ccc(C(=O)N2CCC(C(=O)NN=Cc3ccccc3C(F)(F)F)CC2)cc1. The van der Waals surface area contributed by atoms with E-state index in [-0.39, 0.29) is 23.3 Å². The fraction of sp³-hybridized carbons (Fsp3) is 0.318. The third-order valence-electron chi connectivity index (χ3n) is 5.13. The van der Waals surface area contributed by atoms with E-state index in [4.69, 9.17) is 4.74 Å². The van der Waals surface area contributed by atoms with Crippen molar-refractivity contribution in [2.24, 2.45) is 11.0 Å². The normalized spacial score (nSPS) is 15.2. The van der Waals surface area contributed by atoms with Crippen LogP contribution in [0, 0.1) is 5.92 Å². The van der Waals surface area contributed by atoms with Gasteiger partial charge in [-0.3, -0.25) is 9.59 Å². The first-order valence-corrected chi connectivity index (χ1v) is 9.72. The molecule has 1 aliphatic rings. The number of hydrazone groups is 1. The number of nitrogens with zero attached hydrogens (tertiary/aromatic N) is 2. The molecule has 1 N–H and O–H groups in total. The zero-order valence-electron chi connectivity index (χ0n) is 16.9. The fourth-order valence-electron chi connectivity index (χ4n) is 3.39. The molecule has 0 saturated carbocycles. The maximum absolute atomic E-state index is 13.0. The topological polar surface area (TPSA) is 71.0 Å². The largest absolute Gasteiger partial charge is 0.497 e. The van der Waals surface area contributed by atoms with Crippen LogP contribution in [0.1, 0.15) is 34.3 Å². The lowest BCUT2D eigenvalue weighted by molar-refractivity contribution is -0.137. The molecule has 0 atom stereocenters. The van der Waals surface area contributed by atoms with E-state index >= 15 is 0 Å². The first-order valence-electron chi connectivity index (χ1n) is 9.72. The summed E-state index contributed by atoms with van der Waals surface area (Å²) in [6, 6.07) is 11.8. The smallest absolute Gasteiger partial charge is 0.417 e. The maximum Gasteiger partial charge on any atom is 0.417 e. The molecule has 1 saturated heterocycles. The number of likely N-dealkylation sites (tertiary alicyclic amines) is 1. The lowest BCUT2D eigenvalue weighted by Crippen LogP contribution is -2.42. The van der Waals surface area contributed by atoms with Gasteiger partial charge in [-0.25, -0.2) is 5.43 Å². The molecule has 2 aromatic carbocycles. The number of nitrogens with one attached hydrogen (secondary N) is 1. The minimum Gasteiger partial charge on any atom is -0.497 e. The number of hydrogen-bond donors (Lipinski definition) is 1. The van der Waals surface area contributed by atoms with Crippen LogP contribution in [0.2, 0.25) is 0 Å². The molecule has 0 aliphatic carbocycles. The monoisotopic (exact) mass is 433 g/mol. The van der Waals surface area contributed by atoms with Crippen LogP contribution in [-0.2, 0) is 11.0 Å². The Balaban J connectivity index is 1.52. The summed E-state index contributed by atoms with van der Waals surface area (Å²) in [5, 5.41) is 3.69. The third kappa shape index (κ3) is 5.62. The summed E-state index contributed by atoms with van der Waals surface area (Å²) in [6.45, 7) is 0.813. The van der Waals surface area contributed by atoms with Gasteiger partial charge in [0.15, 0.2) is 0 Å². The van der Waals surface area contributed by atoms with Crippen molar-refractivity contribution in [1.29, 1.82) is 0 Å². The lowest BCUT2D eigenvalue weighted by atomic mass is 9.95. The summed E-state index contributed by atoms with van der Waals surface area (Å²) in [5.74, 6) is -0.208. The summed E-state index contributed by atoms with van der Waals surface area (Å²) in [6.07, 6.45) is -2.62. The molecule has 3 rings (SSSR count). The molecule has 1 heterocycles. The van der Waals surface area contributed by atoms with Crippen LogP contribution in [0.15, 0.2) is 53.6 Å². The Bertz CT molecular complexity index is 950. The Labute approximate surface area is 177 Å². The van der Waals surface area contributed by atoms with E-state index in [0.717, 1.165) is 12.3 Å². The van der Waals surface area contributed by atoms with Crippen LogP contribution in [0.3, 0.4) is 0 Å². The molecule has 9 heteroatoms. The minimum absolute atomic E-state index is 0.122. The van der Waals surface area contributed by atoms with Crippen LogP contribution < -0.4 is 10.2 Å².